The quantitative estimate of drug-likeness (QED) is 0.541. The van der Waals surface area contributed by atoms with Gasteiger partial charge in [-0.25, -0.2) is 0 Å². The lowest BCUT2D eigenvalue weighted by Crippen LogP contribution is -2.14. The van der Waals surface area contributed by atoms with Crippen molar-refractivity contribution in [3.63, 3.8) is 0 Å². The van der Waals surface area contributed by atoms with Crippen LogP contribution in [0.15, 0.2) is 71.5 Å². The van der Waals surface area contributed by atoms with Crippen molar-refractivity contribution in [1.29, 1.82) is 0 Å². The number of para-hydroxylation sites is 2. The molecular weight excluding hydrogens is 312 g/mol. The molecule has 0 aliphatic carbocycles. The van der Waals surface area contributed by atoms with Gasteiger partial charge in [0.1, 0.15) is 0 Å². The van der Waals surface area contributed by atoms with Crippen molar-refractivity contribution in [1.82, 2.24) is 4.98 Å². The van der Waals surface area contributed by atoms with Gasteiger partial charge >= 0.3 is 0 Å². The number of hydrogen-bond acceptors (Lipinski definition) is 2. The highest BCUT2D eigenvalue weighted by molar-refractivity contribution is 6.13. The van der Waals surface area contributed by atoms with Gasteiger partial charge in [-0.15, -0.1) is 0 Å². The number of fused-ring (bicyclic) bond motifs is 2. The highest BCUT2D eigenvalue weighted by Crippen LogP contribution is 2.20. The van der Waals surface area contributed by atoms with Crippen molar-refractivity contribution >= 4 is 33.4 Å². The number of benzene rings is 3. The number of aryl methyl sites for hydroxylation is 1. The molecule has 0 unspecified atom stereocenters. The number of hydrogen-bond donors (Lipinski definition) is 2. The van der Waals surface area contributed by atoms with Gasteiger partial charge in [-0.2, -0.15) is 0 Å². The predicted octanol–water partition coefficient (Wildman–Crippen LogP) is 4.24. The maximum absolute atomic E-state index is 12.8. The van der Waals surface area contributed by atoms with Crippen LogP contribution in [0.5, 0.6) is 0 Å². The minimum Gasteiger partial charge on any atom is -0.354 e. The molecular formula is C21H16N2O2. The molecule has 25 heavy (non-hydrogen) atoms. The highest BCUT2D eigenvalue weighted by Gasteiger charge is 2.14. The number of carbonyl (C=O) groups excluding carboxylic acids is 1. The molecule has 0 aliphatic heterocycles. The van der Waals surface area contributed by atoms with Crippen LogP contribution in [0.4, 0.5) is 5.69 Å². The van der Waals surface area contributed by atoms with Crippen molar-refractivity contribution in [2.45, 2.75) is 6.92 Å². The summed E-state index contributed by atoms with van der Waals surface area (Å²) in [4.78, 5) is 28.7. The molecule has 4 nitrogen and oxygen atoms in total. The number of aromatic nitrogens is 1. The van der Waals surface area contributed by atoms with Crippen molar-refractivity contribution in [2.75, 3.05) is 5.32 Å². The fourth-order valence-electron chi connectivity index (χ4n) is 3.06. The Morgan fingerprint density at radius 1 is 0.920 bits per heavy atom. The van der Waals surface area contributed by atoms with Gasteiger partial charge in [-0.05, 0) is 48.9 Å². The summed E-state index contributed by atoms with van der Waals surface area (Å²) in [5, 5.41) is 4.02. The van der Waals surface area contributed by atoms with Crippen LogP contribution in [0.3, 0.4) is 0 Å². The molecule has 1 amide bonds. The smallest absolute Gasteiger partial charge is 0.257 e. The molecule has 0 bridgehead atoms. The Balaban J connectivity index is 1.87. The predicted molar refractivity (Wildman–Crippen MR) is 101 cm³/mol. The number of carbonyl (C=O) groups is 1. The standard InChI is InChI=1S/C21H16N2O2/c1-13-6-4-7-14(12-13)22-21(25)17-10-5-9-16-19(17)23-18-11-3-2-8-15(18)20(16)24/h2-12H,1H3,(H,22,25)(H,23,24). The van der Waals surface area contributed by atoms with Crippen LogP contribution in [-0.4, -0.2) is 10.9 Å². The summed E-state index contributed by atoms with van der Waals surface area (Å²) in [5.74, 6) is -0.248. The average Bonchev–Trinajstić information content (AvgIpc) is 2.61. The zero-order chi connectivity index (χ0) is 17.4. The maximum Gasteiger partial charge on any atom is 0.257 e. The van der Waals surface area contributed by atoms with Crippen molar-refractivity contribution in [3.05, 3.63) is 88.1 Å². The van der Waals surface area contributed by atoms with E-state index in [0.717, 1.165) is 16.8 Å². The van der Waals surface area contributed by atoms with Crippen LogP contribution in [0.25, 0.3) is 21.8 Å². The molecule has 0 saturated heterocycles. The van der Waals surface area contributed by atoms with Crippen molar-refractivity contribution in [3.8, 4) is 0 Å². The summed E-state index contributed by atoms with van der Waals surface area (Å²) in [6.07, 6.45) is 0. The molecule has 4 rings (SSSR count). The number of nitrogens with one attached hydrogen (secondary N) is 2. The lowest BCUT2D eigenvalue weighted by Gasteiger charge is -2.10. The van der Waals surface area contributed by atoms with Crippen LogP contribution in [0.2, 0.25) is 0 Å². The number of anilines is 1. The summed E-state index contributed by atoms with van der Waals surface area (Å²) in [6, 6.07) is 20.1. The number of pyridine rings is 1. The molecule has 3 aromatic carbocycles. The van der Waals surface area contributed by atoms with Crippen LogP contribution in [0.1, 0.15) is 15.9 Å². The maximum atomic E-state index is 12.8. The molecule has 122 valence electrons. The minimum absolute atomic E-state index is 0.0745. The van der Waals surface area contributed by atoms with E-state index >= 15 is 0 Å². The first-order valence-corrected chi connectivity index (χ1v) is 8.05. The molecule has 0 spiro atoms. The SMILES string of the molecule is Cc1cccc(NC(=O)c2cccc3c(=O)c4ccccc4[nH]c23)c1. The topological polar surface area (TPSA) is 62.0 Å². The van der Waals surface area contributed by atoms with E-state index in [9.17, 15) is 9.59 Å². The molecule has 1 aromatic heterocycles. The summed E-state index contributed by atoms with van der Waals surface area (Å²) in [5.41, 5.74) is 3.43. The zero-order valence-electron chi connectivity index (χ0n) is 13.7. The summed E-state index contributed by atoms with van der Waals surface area (Å²) in [6.45, 7) is 1.97. The number of amides is 1. The summed E-state index contributed by atoms with van der Waals surface area (Å²) < 4.78 is 0. The van der Waals surface area contributed by atoms with E-state index in [1.807, 2.05) is 49.4 Å². The third-order valence-electron chi connectivity index (χ3n) is 4.26. The Morgan fingerprint density at radius 3 is 2.52 bits per heavy atom. The second-order valence-electron chi connectivity index (χ2n) is 6.05. The molecule has 0 atom stereocenters. The number of rotatable bonds is 2. The Labute approximate surface area is 144 Å². The van der Waals surface area contributed by atoms with Gasteiger partial charge in [0.2, 0.25) is 0 Å². The van der Waals surface area contributed by atoms with Gasteiger partial charge in [0.05, 0.1) is 11.1 Å². The molecule has 0 saturated carbocycles. The van der Waals surface area contributed by atoms with Gasteiger partial charge < -0.3 is 10.3 Å². The Morgan fingerprint density at radius 2 is 1.68 bits per heavy atom. The van der Waals surface area contributed by atoms with E-state index in [1.165, 1.54) is 0 Å². The van der Waals surface area contributed by atoms with Gasteiger partial charge in [0.25, 0.3) is 5.91 Å². The zero-order valence-corrected chi connectivity index (χ0v) is 13.7. The van der Waals surface area contributed by atoms with Gasteiger partial charge in [0, 0.05) is 22.0 Å². The van der Waals surface area contributed by atoms with E-state index in [0.29, 0.717) is 21.9 Å². The van der Waals surface area contributed by atoms with Gasteiger partial charge in [0.15, 0.2) is 5.43 Å². The Kier molecular flexibility index (Phi) is 3.58. The number of aromatic amines is 1. The van der Waals surface area contributed by atoms with E-state index in [1.54, 1.807) is 24.3 Å². The van der Waals surface area contributed by atoms with Crippen LogP contribution >= 0.6 is 0 Å². The van der Waals surface area contributed by atoms with Gasteiger partial charge in [-0.3, -0.25) is 9.59 Å². The largest absolute Gasteiger partial charge is 0.354 e. The molecule has 2 N–H and O–H groups in total. The van der Waals surface area contributed by atoms with E-state index in [4.69, 9.17) is 0 Å². The molecule has 0 fully saturated rings. The van der Waals surface area contributed by atoms with Crippen molar-refractivity contribution < 1.29 is 4.79 Å². The van der Waals surface area contributed by atoms with E-state index < -0.39 is 0 Å². The second-order valence-corrected chi connectivity index (χ2v) is 6.05. The van der Waals surface area contributed by atoms with Crippen molar-refractivity contribution in [2.24, 2.45) is 0 Å². The molecule has 0 aliphatic rings. The monoisotopic (exact) mass is 328 g/mol. The third kappa shape index (κ3) is 2.68. The van der Waals surface area contributed by atoms with E-state index in [2.05, 4.69) is 10.3 Å². The first kappa shape index (κ1) is 15.1. The second kappa shape index (κ2) is 5.91. The lowest BCUT2D eigenvalue weighted by atomic mass is 10.1. The van der Waals surface area contributed by atoms with Gasteiger partial charge in [-0.1, -0.05) is 30.3 Å². The molecule has 4 heteroatoms. The normalized spacial score (nSPS) is 10.9. The average molecular weight is 328 g/mol. The highest BCUT2D eigenvalue weighted by atomic mass is 16.1. The molecule has 1 heterocycles. The summed E-state index contributed by atoms with van der Waals surface area (Å²) in [7, 11) is 0. The Hall–Kier alpha value is -3.40. The first-order valence-electron chi connectivity index (χ1n) is 8.05. The Bertz CT molecular complexity index is 1180. The molecule has 0 radical (unpaired) electrons. The third-order valence-corrected chi connectivity index (χ3v) is 4.26. The van der Waals surface area contributed by atoms with Crippen LogP contribution in [0, 0.1) is 6.92 Å². The molecule has 4 aromatic rings. The van der Waals surface area contributed by atoms with Crippen LogP contribution < -0.4 is 10.7 Å². The minimum atomic E-state index is -0.248. The summed E-state index contributed by atoms with van der Waals surface area (Å²) >= 11 is 0. The number of H-pyrrole nitrogens is 1. The fourth-order valence-corrected chi connectivity index (χ4v) is 3.06. The fraction of sp³-hybridized carbons (Fsp3) is 0.0476. The van der Waals surface area contributed by atoms with Crippen LogP contribution in [-0.2, 0) is 0 Å². The lowest BCUT2D eigenvalue weighted by molar-refractivity contribution is 0.102. The van der Waals surface area contributed by atoms with E-state index in [-0.39, 0.29) is 11.3 Å². The first-order chi connectivity index (χ1) is 12.1.